The number of amides is 1. The number of rotatable bonds is 5. The summed E-state index contributed by atoms with van der Waals surface area (Å²) in [6.45, 7) is 2.16. The van der Waals surface area contributed by atoms with Gasteiger partial charge in [-0.25, -0.2) is 21.2 Å². The van der Waals surface area contributed by atoms with E-state index in [-0.39, 0.29) is 34.0 Å². The first-order chi connectivity index (χ1) is 14.2. The molecule has 1 amide bonds. The van der Waals surface area contributed by atoms with E-state index in [4.69, 9.17) is 22.6 Å². The molecular formula is C19H21ClFN3O5S2. The van der Waals surface area contributed by atoms with E-state index in [1.807, 2.05) is 6.07 Å². The summed E-state index contributed by atoms with van der Waals surface area (Å²) in [4.78, 5) is 13.7. The van der Waals surface area contributed by atoms with Gasteiger partial charge in [-0.05, 0) is 43.2 Å². The van der Waals surface area contributed by atoms with Crippen molar-refractivity contribution in [3.8, 4) is 6.07 Å². The fourth-order valence-corrected chi connectivity index (χ4v) is 6.89. The molecule has 1 saturated heterocycles. The number of benzene rings is 1. The number of nitrogens with zero attached hydrogens (tertiary/aromatic N) is 2. The first kappa shape index (κ1) is 23.7. The van der Waals surface area contributed by atoms with Crippen molar-refractivity contribution in [1.82, 2.24) is 4.90 Å². The quantitative estimate of drug-likeness (QED) is 0.660. The molecule has 1 aromatic carbocycles. The van der Waals surface area contributed by atoms with Gasteiger partial charge in [-0.1, -0.05) is 11.6 Å². The largest absolute Gasteiger partial charge is 0.322 e. The van der Waals surface area contributed by atoms with E-state index >= 15 is 0 Å². The molecule has 3 atom stereocenters. The van der Waals surface area contributed by atoms with Gasteiger partial charge < -0.3 is 10.6 Å². The predicted molar refractivity (Wildman–Crippen MR) is 113 cm³/mol. The number of carbonyl (C=O) groups excluding carboxylic acids is 1. The van der Waals surface area contributed by atoms with Gasteiger partial charge in [0.1, 0.15) is 18.3 Å². The summed E-state index contributed by atoms with van der Waals surface area (Å²) in [6.07, 6.45) is -1.56. The van der Waals surface area contributed by atoms with Crippen molar-refractivity contribution >= 4 is 42.8 Å². The Labute approximate surface area is 185 Å². The monoisotopic (exact) mass is 489 g/mol. The highest BCUT2D eigenvalue weighted by atomic mass is 35.5. The number of halogens is 2. The smallest absolute Gasteiger partial charge is 0.242 e. The molecule has 0 saturated carbocycles. The molecule has 0 aromatic heterocycles. The third kappa shape index (κ3) is 4.09. The van der Waals surface area contributed by atoms with Gasteiger partial charge in [-0.3, -0.25) is 4.79 Å². The molecule has 0 aliphatic carbocycles. The van der Waals surface area contributed by atoms with Crippen LogP contribution in [0.5, 0.6) is 0 Å². The van der Waals surface area contributed by atoms with Crippen LogP contribution in [-0.2, 0) is 24.5 Å². The highest BCUT2D eigenvalue weighted by Gasteiger charge is 2.48. The number of hydrogen-bond donors (Lipinski definition) is 1. The number of sulfone groups is 2. The van der Waals surface area contributed by atoms with Crippen LogP contribution in [0.15, 0.2) is 28.5 Å². The maximum atomic E-state index is 13.7. The minimum absolute atomic E-state index is 0.0186. The van der Waals surface area contributed by atoms with E-state index in [0.717, 1.165) is 10.3 Å². The molecule has 1 aromatic rings. The Morgan fingerprint density at radius 2 is 2.10 bits per heavy atom. The molecule has 2 aliphatic heterocycles. The van der Waals surface area contributed by atoms with Crippen LogP contribution < -0.4 is 5.73 Å². The zero-order valence-electron chi connectivity index (χ0n) is 16.7. The van der Waals surface area contributed by atoms with Crippen LogP contribution in [-0.4, -0.2) is 62.9 Å². The lowest BCUT2D eigenvalue weighted by Crippen LogP contribution is -2.59. The normalized spacial score (nSPS) is 23.7. The number of nitriles is 1. The van der Waals surface area contributed by atoms with Crippen molar-refractivity contribution in [3.63, 3.8) is 0 Å². The Morgan fingerprint density at radius 3 is 2.71 bits per heavy atom. The molecule has 1 fully saturated rings. The summed E-state index contributed by atoms with van der Waals surface area (Å²) in [5, 5.41) is 10.3. The average molecular weight is 490 g/mol. The minimum atomic E-state index is -4.19. The van der Waals surface area contributed by atoms with Gasteiger partial charge in [0.05, 0.1) is 28.0 Å². The number of carbonyl (C=O) groups is 1. The number of nitrogens with two attached hydrogens (primary N) is 1. The topological polar surface area (TPSA) is 138 Å². The maximum absolute atomic E-state index is 13.7. The molecule has 2 heterocycles. The second-order valence-electron chi connectivity index (χ2n) is 8.14. The van der Waals surface area contributed by atoms with Gasteiger partial charge in [-0.15, -0.1) is 0 Å². The van der Waals surface area contributed by atoms with E-state index in [9.17, 15) is 26.0 Å². The summed E-state index contributed by atoms with van der Waals surface area (Å²) in [5.74, 6) is -1.54. The van der Waals surface area contributed by atoms with Crippen LogP contribution in [0.4, 0.5) is 4.39 Å². The van der Waals surface area contributed by atoms with Gasteiger partial charge in [0, 0.05) is 16.9 Å². The second kappa shape index (κ2) is 7.85. The Bertz CT molecular complexity index is 1220. The van der Waals surface area contributed by atoms with E-state index in [1.165, 1.54) is 32.0 Å². The van der Waals surface area contributed by atoms with Crippen LogP contribution in [0.1, 0.15) is 25.8 Å². The van der Waals surface area contributed by atoms with Gasteiger partial charge in [0.25, 0.3) is 0 Å². The fraction of sp³-hybridized carbons (Fsp3) is 0.474. The molecule has 1 unspecified atom stereocenters. The van der Waals surface area contributed by atoms with Gasteiger partial charge in [0.15, 0.2) is 9.84 Å². The van der Waals surface area contributed by atoms with E-state index < -0.39 is 54.3 Å². The Hall–Kier alpha value is -2.00. The fourth-order valence-electron chi connectivity index (χ4n) is 3.64. The molecule has 2 N–H and O–H groups in total. The van der Waals surface area contributed by atoms with Crippen molar-refractivity contribution in [3.05, 3.63) is 34.2 Å². The number of likely N-dealkylation sites (tertiary alicyclic amines) is 1. The third-order valence-corrected chi connectivity index (χ3v) is 10.1. The lowest BCUT2D eigenvalue weighted by molar-refractivity contribution is -0.133. The summed E-state index contributed by atoms with van der Waals surface area (Å²) >= 11 is 5.95. The van der Waals surface area contributed by atoms with E-state index in [2.05, 4.69) is 0 Å². The first-order valence-electron chi connectivity index (χ1n) is 9.29. The van der Waals surface area contributed by atoms with Crippen molar-refractivity contribution in [2.45, 2.75) is 48.2 Å². The molecule has 168 valence electrons. The summed E-state index contributed by atoms with van der Waals surface area (Å²) in [5.41, 5.74) is 6.20. The van der Waals surface area contributed by atoms with Gasteiger partial charge in [0.2, 0.25) is 15.7 Å². The van der Waals surface area contributed by atoms with Crippen LogP contribution in [0, 0.1) is 11.3 Å². The van der Waals surface area contributed by atoms with Crippen LogP contribution in [0.2, 0.25) is 5.02 Å². The van der Waals surface area contributed by atoms with Crippen LogP contribution >= 0.6 is 11.6 Å². The predicted octanol–water partition coefficient (Wildman–Crippen LogP) is 1.45. The molecule has 31 heavy (non-hydrogen) atoms. The Kier molecular flexibility index (Phi) is 5.99. The number of alkyl halides is 1. The number of hydrogen-bond acceptors (Lipinski definition) is 7. The van der Waals surface area contributed by atoms with Gasteiger partial charge >= 0.3 is 0 Å². The second-order valence-corrected chi connectivity index (χ2v) is 12.9. The minimum Gasteiger partial charge on any atom is -0.322 e. The highest BCUT2D eigenvalue weighted by Crippen LogP contribution is 2.38. The Morgan fingerprint density at radius 1 is 1.45 bits per heavy atom. The van der Waals surface area contributed by atoms with Crippen LogP contribution in [0.3, 0.4) is 0 Å². The Balaban J connectivity index is 1.91. The summed E-state index contributed by atoms with van der Waals surface area (Å²) in [7, 11) is -8.01. The van der Waals surface area contributed by atoms with Gasteiger partial charge in [-0.2, -0.15) is 5.26 Å². The molecule has 3 rings (SSSR count). The average Bonchev–Trinajstić information content (AvgIpc) is 3.16. The first-order valence-corrected chi connectivity index (χ1v) is 12.9. The lowest BCUT2D eigenvalue weighted by Gasteiger charge is -2.33. The summed E-state index contributed by atoms with van der Waals surface area (Å²) in [6, 6.07) is 3.27. The molecule has 0 spiro atoms. The highest BCUT2D eigenvalue weighted by molar-refractivity contribution is 7.95. The number of fused-ring (bicyclic) bond motifs is 1. The standard InChI is InChI=1S/C19H21ClFN3O5S2/c1-19(2,17(23)18(25)24-8-13(21)6-14(24)7-22)31(28,29)10-11-9-30(26,27)16-4-3-12(20)5-15(11)16/h3-5,9,13-14,17H,6,8,10,23H2,1-2H3/t13-,14-,17?/m0/s1. The van der Waals surface area contributed by atoms with Crippen molar-refractivity contribution in [2.75, 3.05) is 12.3 Å². The molecule has 0 radical (unpaired) electrons. The van der Waals surface area contributed by atoms with Crippen molar-refractivity contribution in [1.29, 1.82) is 5.26 Å². The van der Waals surface area contributed by atoms with Crippen molar-refractivity contribution in [2.24, 2.45) is 5.73 Å². The molecular weight excluding hydrogens is 469 g/mol. The molecule has 0 bridgehead atoms. The lowest BCUT2D eigenvalue weighted by atomic mass is 10.0. The maximum Gasteiger partial charge on any atom is 0.242 e. The zero-order chi connectivity index (χ0) is 23.4. The van der Waals surface area contributed by atoms with E-state index in [0.29, 0.717) is 0 Å². The molecule has 8 nitrogen and oxygen atoms in total. The third-order valence-electron chi connectivity index (χ3n) is 5.74. The molecule has 12 heteroatoms. The van der Waals surface area contributed by atoms with Crippen LogP contribution in [0.25, 0.3) is 5.57 Å². The van der Waals surface area contributed by atoms with Crippen molar-refractivity contribution < 1.29 is 26.0 Å². The molecule has 2 aliphatic rings. The summed E-state index contributed by atoms with van der Waals surface area (Å²) < 4.78 is 63.1. The SMILES string of the molecule is CC(C)(C(N)C(=O)N1C[C@@H](F)C[C@H]1C#N)S(=O)(=O)CC1=CS(=O)(=O)c2ccc(Cl)cc21. The van der Waals surface area contributed by atoms with E-state index in [1.54, 1.807) is 0 Å². The zero-order valence-corrected chi connectivity index (χ0v) is 19.1.